The Morgan fingerprint density at radius 3 is 2.43 bits per heavy atom. The quantitative estimate of drug-likeness (QED) is 0.891. The highest BCUT2D eigenvalue weighted by Gasteiger charge is 2.26. The third-order valence-corrected chi connectivity index (χ3v) is 3.87. The van der Waals surface area contributed by atoms with Gasteiger partial charge in [0.05, 0.1) is 11.9 Å². The Labute approximate surface area is 137 Å². The normalized spacial score (nSPS) is 12.9. The molecule has 0 saturated heterocycles. The average molecular weight is 315 g/mol. The lowest BCUT2D eigenvalue weighted by Gasteiger charge is -2.31. The minimum absolute atomic E-state index is 0.0554. The fraction of sp³-hybridized carbons (Fsp3) is 0.444. The summed E-state index contributed by atoms with van der Waals surface area (Å²) in [5.74, 6) is -0.124. The number of hydrogen-bond acceptors (Lipinski definition) is 3. The Morgan fingerprint density at radius 1 is 1.30 bits per heavy atom. The van der Waals surface area contributed by atoms with Gasteiger partial charge in [-0.1, -0.05) is 20.8 Å². The van der Waals surface area contributed by atoms with Crippen LogP contribution in [-0.2, 0) is 0 Å². The van der Waals surface area contributed by atoms with Crippen molar-refractivity contribution in [2.75, 3.05) is 6.61 Å². The number of nitrogens with zero attached hydrogens (tertiary/aromatic N) is 2. The van der Waals surface area contributed by atoms with Crippen LogP contribution in [0.15, 0.2) is 36.7 Å². The maximum absolute atomic E-state index is 12.4. The predicted octanol–water partition coefficient (Wildman–Crippen LogP) is 2.71. The summed E-state index contributed by atoms with van der Waals surface area (Å²) in [6.45, 7) is 8.20. The molecule has 0 bridgehead atoms. The molecular weight excluding hydrogens is 290 g/mol. The molecule has 0 spiro atoms. The zero-order valence-electron chi connectivity index (χ0n) is 14.2. The number of hydrogen-bond donors (Lipinski definition) is 2. The summed E-state index contributed by atoms with van der Waals surface area (Å²) >= 11 is 0. The molecule has 5 nitrogen and oxygen atoms in total. The van der Waals surface area contributed by atoms with Crippen LogP contribution in [0, 0.1) is 12.3 Å². The minimum Gasteiger partial charge on any atom is -0.396 e. The van der Waals surface area contributed by atoms with Crippen molar-refractivity contribution >= 4 is 5.91 Å². The molecule has 0 fully saturated rings. The molecule has 0 aliphatic heterocycles. The molecule has 1 amide bonds. The third kappa shape index (κ3) is 4.42. The molecule has 2 rings (SSSR count). The molecule has 0 saturated carbocycles. The molecular formula is C18H25N3O2. The van der Waals surface area contributed by atoms with Crippen LogP contribution in [0.25, 0.3) is 5.69 Å². The molecule has 0 aliphatic carbocycles. The summed E-state index contributed by atoms with van der Waals surface area (Å²) in [5, 5.41) is 16.5. The first kappa shape index (κ1) is 17.2. The number of carbonyl (C=O) groups excluding carboxylic acids is 1. The Bertz CT molecular complexity index is 654. The van der Waals surface area contributed by atoms with Crippen molar-refractivity contribution in [1.29, 1.82) is 0 Å². The van der Waals surface area contributed by atoms with Crippen molar-refractivity contribution < 1.29 is 9.90 Å². The molecule has 2 N–H and O–H groups in total. The van der Waals surface area contributed by atoms with Crippen LogP contribution in [0.3, 0.4) is 0 Å². The van der Waals surface area contributed by atoms with E-state index in [2.05, 4.69) is 31.2 Å². The van der Waals surface area contributed by atoms with Crippen LogP contribution in [0.2, 0.25) is 0 Å². The highest BCUT2D eigenvalue weighted by Crippen LogP contribution is 2.22. The molecule has 5 heteroatoms. The highest BCUT2D eigenvalue weighted by atomic mass is 16.3. The van der Waals surface area contributed by atoms with Crippen molar-refractivity contribution in [3.8, 4) is 5.69 Å². The Morgan fingerprint density at radius 2 is 1.96 bits per heavy atom. The topological polar surface area (TPSA) is 67.2 Å². The first-order valence-corrected chi connectivity index (χ1v) is 7.84. The minimum atomic E-state index is -0.124. The van der Waals surface area contributed by atoms with Crippen molar-refractivity contribution in [1.82, 2.24) is 15.1 Å². The smallest absolute Gasteiger partial charge is 0.251 e. The van der Waals surface area contributed by atoms with Gasteiger partial charge in [-0.15, -0.1) is 0 Å². The summed E-state index contributed by atoms with van der Waals surface area (Å²) in [6, 6.07) is 7.26. The maximum Gasteiger partial charge on any atom is 0.251 e. The highest BCUT2D eigenvalue weighted by molar-refractivity contribution is 5.94. The molecule has 0 aliphatic rings. The van der Waals surface area contributed by atoms with Crippen molar-refractivity contribution in [3.05, 3.63) is 47.8 Å². The van der Waals surface area contributed by atoms with E-state index in [4.69, 9.17) is 0 Å². The first-order valence-electron chi connectivity index (χ1n) is 7.84. The lowest BCUT2D eigenvalue weighted by molar-refractivity contribution is 0.0885. The number of nitrogens with one attached hydrogen (secondary N) is 1. The van der Waals surface area contributed by atoms with E-state index in [0.717, 1.165) is 11.3 Å². The summed E-state index contributed by atoms with van der Waals surface area (Å²) in [6.07, 6.45) is 4.27. The molecule has 0 radical (unpaired) electrons. The van der Waals surface area contributed by atoms with E-state index >= 15 is 0 Å². The van der Waals surface area contributed by atoms with Gasteiger partial charge < -0.3 is 10.4 Å². The van der Waals surface area contributed by atoms with Gasteiger partial charge in [0.15, 0.2) is 0 Å². The number of aromatic nitrogens is 2. The Hall–Kier alpha value is -2.14. The lowest BCUT2D eigenvalue weighted by atomic mass is 9.85. The van der Waals surface area contributed by atoms with Crippen LogP contribution in [0.1, 0.15) is 43.1 Å². The number of amides is 1. The summed E-state index contributed by atoms with van der Waals surface area (Å²) in [4.78, 5) is 12.4. The maximum atomic E-state index is 12.4. The molecule has 1 aromatic carbocycles. The van der Waals surface area contributed by atoms with Gasteiger partial charge in [-0.2, -0.15) is 5.10 Å². The molecule has 1 atom stereocenters. The first-order chi connectivity index (χ1) is 10.8. The molecule has 1 heterocycles. The fourth-order valence-corrected chi connectivity index (χ4v) is 2.41. The van der Waals surface area contributed by atoms with E-state index in [-0.39, 0.29) is 24.0 Å². The number of rotatable bonds is 5. The van der Waals surface area contributed by atoms with Gasteiger partial charge >= 0.3 is 0 Å². The Balaban J connectivity index is 2.10. The van der Waals surface area contributed by atoms with Crippen LogP contribution in [0.5, 0.6) is 0 Å². The second-order valence-corrected chi connectivity index (χ2v) is 6.91. The third-order valence-electron chi connectivity index (χ3n) is 3.87. The second kappa shape index (κ2) is 6.96. The second-order valence-electron chi connectivity index (χ2n) is 6.91. The van der Waals surface area contributed by atoms with Crippen molar-refractivity contribution in [3.63, 3.8) is 0 Å². The van der Waals surface area contributed by atoms with E-state index in [9.17, 15) is 9.90 Å². The average Bonchev–Trinajstić information content (AvgIpc) is 2.92. The van der Waals surface area contributed by atoms with E-state index < -0.39 is 0 Å². The van der Waals surface area contributed by atoms with Crippen LogP contribution >= 0.6 is 0 Å². The number of aliphatic hydroxyl groups is 1. The van der Waals surface area contributed by atoms with Gasteiger partial charge in [0.2, 0.25) is 0 Å². The number of aryl methyl sites for hydroxylation is 1. The summed E-state index contributed by atoms with van der Waals surface area (Å²) in [7, 11) is 0. The van der Waals surface area contributed by atoms with Crippen molar-refractivity contribution in [2.45, 2.75) is 40.2 Å². The Kier molecular flexibility index (Phi) is 5.21. The zero-order valence-corrected chi connectivity index (χ0v) is 14.2. The number of benzene rings is 1. The molecule has 23 heavy (non-hydrogen) atoms. The largest absolute Gasteiger partial charge is 0.396 e. The monoisotopic (exact) mass is 315 g/mol. The summed E-state index contributed by atoms with van der Waals surface area (Å²) < 4.78 is 1.78. The van der Waals surface area contributed by atoms with Crippen molar-refractivity contribution in [2.24, 2.45) is 5.41 Å². The predicted molar refractivity (Wildman–Crippen MR) is 90.7 cm³/mol. The lowest BCUT2D eigenvalue weighted by Crippen LogP contribution is -2.44. The van der Waals surface area contributed by atoms with E-state index in [1.165, 1.54) is 0 Å². The van der Waals surface area contributed by atoms with Gasteiger partial charge in [-0.05, 0) is 48.6 Å². The van der Waals surface area contributed by atoms with Crippen LogP contribution in [0.4, 0.5) is 0 Å². The standard InChI is InChI=1S/C18H25N3O2/c1-13-11-19-21(12-13)15-7-5-14(6-8-15)17(23)20-16(9-10-22)18(2,3)4/h5-8,11-12,16,22H,9-10H2,1-4H3,(H,20,23). The van der Waals surface area contributed by atoms with Crippen LogP contribution < -0.4 is 5.32 Å². The molecule has 1 aromatic heterocycles. The molecule has 124 valence electrons. The van der Waals surface area contributed by atoms with E-state index in [1.54, 1.807) is 23.0 Å². The zero-order chi connectivity index (χ0) is 17.0. The number of carbonyl (C=O) groups is 1. The van der Waals surface area contributed by atoms with Gasteiger partial charge in [0.1, 0.15) is 0 Å². The number of aliphatic hydroxyl groups excluding tert-OH is 1. The van der Waals surface area contributed by atoms with Gasteiger partial charge in [-0.3, -0.25) is 4.79 Å². The van der Waals surface area contributed by atoms with E-state index in [1.807, 2.05) is 25.3 Å². The fourth-order valence-electron chi connectivity index (χ4n) is 2.41. The molecule has 2 aromatic rings. The molecule has 1 unspecified atom stereocenters. The SMILES string of the molecule is Cc1cnn(-c2ccc(C(=O)NC(CCO)C(C)(C)C)cc2)c1. The van der Waals surface area contributed by atoms with Crippen LogP contribution in [-0.4, -0.2) is 33.4 Å². The van der Waals surface area contributed by atoms with Gasteiger partial charge in [0, 0.05) is 24.4 Å². The van der Waals surface area contributed by atoms with E-state index in [0.29, 0.717) is 12.0 Å². The van der Waals surface area contributed by atoms with Gasteiger partial charge in [0.25, 0.3) is 5.91 Å². The van der Waals surface area contributed by atoms with Gasteiger partial charge in [-0.25, -0.2) is 4.68 Å². The summed E-state index contributed by atoms with van der Waals surface area (Å²) in [5.41, 5.74) is 2.50.